The van der Waals surface area contributed by atoms with Gasteiger partial charge in [0.05, 0.1) is 6.10 Å². The van der Waals surface area contributed by atoms with E-state index in [1.54, 1.807) is 0 Å². The number of epoxide rings is 1. The van der Waals surface area contributed by atoms with Crippen molar-refractivity contribution in [2.45, 2.75) is 97.4 Å². The maximum Gasteiger partial charge on any atom is 0.302 e. The summed E-state index contributed by atoms with van der Waals surface area (Å²) in [5, 5.41) is 0. The minimum Gasteiger partial charge on any atom is -0.462 e. The molecule has 4 aliphatic carbocycles. The van der Waals surface area contributed by atoms with Gasteiger partial charge in [-0.05, 0) is 74.5 Å². The maximum absolute atomic E-state index is 12.4. The van der Waals surface area contributed by atoms with E-state index in [1.165, 1.54) is 19.8 Å². The lowest BCUT2D eigenvalue weighted by atomic mass is 9.44. The number of hydrogen-bond donors (Lipinski definition) is 0. The Labute approximate surface area is 169 Å². The highest BCUT2D eigenvalue weighted by atomic mass is 16.6. The fourth-order valence-corrected chi connectivity index (χ4v) is 9.15. The molecule has 10 atom stereocenters. The number of ketones is 1. The molecule has 0 aromatic heterocycles. The highest BCUT2D eigenvalue weighted by Crippen LogP contribution is 2.74. The number of ether oxygens (including phenoxy) is 2. The van der Waals surface area contributed by atoms with Crippen molar-refractivity contribution in [3.05, 3.63) is 0 Å². The van der Waals surface area contributed by atoms with Crippen LogP contribution < -0.4 is 0 Å². The van der Waals surface area contributed by atoms with Crippen molar-refractivity contribution in [3.63, 3.8) is 0 Å². The first-order valence-electron chi connectivity index (χ1n) is 11.5. The molecular formula is C24H36O4. The van der Waals surface area contributed by atoms with Crippen molar-refractivity contribution in [1.82, 2.24) is 0 Å². The smallest absolute Gasteiger partial charge is 0.302 e. The lowest BCUT2D eigenvalue weighted by molar-refractivity contribution is -0.159. The van der Waals surface area contributed by atoms with Crippen LogP contribution in [0.3, 0.4) is 0 Å². The summed E-state index contributed by atoms with van der Waals surface area (Å²) in [6, 6.07) is 0. The van der Waals surface area contributed by atoms with E-state index in [-0.39, 0.29) is 34.4 Å². The van der Waals surface area contributed by atoms with Gasteiger partial charge in [-0.3, -0.25) is 9.59 Å². The van der Waals surface area contributed by atoms with Gasteiger partial charge in [0.1, 0.15) is 17.5 Å². The Bertz CT molecular complexity index is 717. The largest absolute Gasteiger partial charge is 0.462 e. The van der Waals surface area contributed by atoms with E-state index in [2.05, 4.69) is 20.8 Å². The van der Waals surface area contributed by atoms with E-state index in [1.807, 2.05) is 6.92 Å². The second kappa shape index (κ2) is 5.83. The van der Waals surface area contributed by atoms with E-state index in [4.69, 9.17) is 9.47 Å². The van der Waals surface area contributed by atoms with Crippen LogP contribution in [0.1, 0.15) is 79.6 Å². The van der Waals surface area contributed by atoms with Crippen LogP contribution in [0.5, 0.6) is 0 Å². The second-order valence-electron chi connectivity index (χ2n) is 11.3. The van der Waals surface area contributed by atoms with Crippen LogP contribution in [0.25, 0.3) is 0 Å². The Morgan fingerprint density at radius 2 is 1.82 bits per heavy atom. The van der Waals surface area contributed by atoms with Crippen LogP contribution in [0, 0.1) is 40.4 Å². The molecule has 0 aromatic rings. The van der Waals surface area contributed by atoms with Gasteiger partial charge in [-0.1, -0.05) is 20.8 Å². The zero-order valence-corrected chi connectivity index (χ0v) is 18.1. The molecule has 4 heteroatoms. The van der Waals surface area contributed by atoms with Gasteiger partial charge in [-0.15, -0.1) is 0 Å². The Kier molecular flexibility index (Phi) is 3.98. The monoisotopic (exact) mass is 388 g/mol. The molecule has 0 N–H and O–H groups in total. The maximum atomic E-state index is 12.4. The number of carbonyl (C=O) groups is 2. The molecule has 0 radical (unpaired) electrons. The number of rotatable bonds is 2. The number of Topliss-reactive ketones (excluding diaryl/α,β-unsaturated/α-hetero) is 1. The summed E-state index contributed by atoms with van der Waals surface area (Å²) in [7, 11) is 0. The molecule has 1 aliphatic heterocycles. The first kappa shape index (κ1) is 19.1. The predicted molar refractivity (Wildman–Crippen MR) is 105 cm³/mol. The molecule has 1 saturated heterocycles. The number of fused-ring (bicyclic) bond motifs is 4. The molecule has 4 saturated carbocycles. The molecule has 5 fully saturated rings. The van der Waals surface area contributed by atoms with Gasteiger partial charge < -0.3 is 9.47 Å². The Morgan fingerprint density at radius 1 is 1.07 bits per heavy atom. The van der Waals surface area contributed by atoms with E-state index in [9.17, 15) is 9.59 Å². The third-order valence-electron chi connectivity index (χ3n) is 10.2. The SMILES string of the molecule is CC(=O)O[C@@H]1CC[C@]2(C)[C@H]3CC[C@@]4(C)[C@H]([C@@H]3C[C@@H]3O[C@@]32C1)[C@H](C)C[C@@H]4C(C)=O. The van der Waals surface area contributed by atoms with Gasteiger partial charge in [0.15, 0.2) is 0 Å². The minimum absolute atomic E-state index is 0.0217. The Hall–Kier alpha value is -0.900. The number of carbonyl (C=O) groups excluding carboxylic acids is 2. The third kappa shape index (κ3) is 2.27. The zero-order valence-electron chi connectivity index (χ0n) is 18.1. The van der Waals surface area contributed by atoms with E-state index in [0.29, 0.717) is 35.6 Å². The lowest BCUT2D eigenvalue weighted by Gasteiger charge is -2.59. The van der Waals surface area contributed by atoms with Crippen LogP contribution in [0.15, 0.2) is 0 Å². The topological polar surface area (TPSA) is 55.9 Å². The van der Waals surface area contributed by atoms with Gasteiger partial charge in [0.25, 0.3) is 0 Å². The van der Waals surface area contributed by atoms with Crippen LogP contribution in [-0.2, 0) is 19.1 Å². The standard InChI is InChI=1S/C24H36O4/c1-13-10-19(14(2)25)22(4)8-7-18-17(21(13)22)11-20-24(28-20)12-16(27-15(3)26)6-9-23(18,24)5/h13,16-21H,6-12H2,1-5H3/t13-,16-,17-,18+,19-,20+,21+,22-,23-,24+/m1/s1. The summed E-state index contributed by atoms with van der Waals surface area (Å²) < 4.78 is 12.1. The first-order chi connectivity index (χ1) is 13.1. The summed E-state index contributed by atoms with van der Waals surface area (Å²) in [5.74, 6) is 3.09. The second-order valence-corrected chi connectivity index (χ2v) is 11.3. The van der Waals surface area contributed by atoms with Crippen LogP contribution in [0.2, 0.25) is 0 Å². The van der Waals surface area contributed by atoms with Gasteiger partial charge in [0, 0.05) is 24.7 Å². The van der Waals surface area contributed by atoms with Crippen LogP contribution in [0.4, 0.5) is 0 Å². The molecule has 1 heterocycles. The van der Waals surface area contributed by atoms with Gasteiger partial charge in [-0.2, -0.15) is 0 Å². The molecule has 0 aromatic carbocycles. The van der Waals surface area contributed by atoms with Crippen molar-refractivity contribution in [1.29, 1.82) is 0 Å². The fraction of sp³-hybridized carbons (Fsp3) is 0.917. The summed E-state index contributed by atoms with van der Waals surface area (Å²) >= 11 is 0. The summed E-state index contributed by atoms with van der Waals surface area (Å²) in [4.78, 5) is 23.9. The Morgan fingerprint density at radius 3 is 2.50 bits per heavy atom. The molecule has 0 unspecified atom stereocenters. The van der Waals surface area contributed by atoms with Crippen molar-refractivity contribution < 1.29 is 19.1 Å². The minimum atomic E-state index is -0.167. The van der Waals surface area contributed by atoms with Gasteiger partial charge in [0.2, 0.25) is 0 Å². The average molecular weight is 389 g/mol. The summed E-state index contributed by atoms with van der Waals surface area (Å²) in [6.07, 6.45) is 7.89. The lowest BCUT2D eigenvalue weighted by Crippen LogP contribution is -2.59. The predicted octanol–water partition coefficient (Wildman–Crippen LogP) is 4.54. The highest BCUT2D eigenvalue weighted by Gasteiger charge is 2.76. The number of hydrogen-bond acceptors (Lipinski definition) is 4. The molecule has 0 amide bonds. The zero-order chi connectivity index (χ0) is 20.1. The van der Waals surface area contributed by atoms with Crippen molar-refractivity contribution in [2.75, 3.05) is 0 Å². The van der Waals surface area contributed by atoms with Crippen molar-refractivity contribution >= 4 is 11.8 Å². The van der Waals surface area contributed by atoms with Crippen LogP contribution in [-0.4, -0.2) is 29.6 Å². The molecule has 28 heavy (non-hydrogen) atoms. The third-order valence-corrected chi connectivity index (χ3v) is 10.2. The summed E-state index contributed by atoms with van der Waals surface area (Å²) in [6.45, 7) is 10.6. The molecule has 4 nitrogen and oxygen atoms in total. The first-order valence-corrected chi connectivity index (χ1v) is 11.5. The van der Waals surface area contributed by atoms with E-state index in [0.717, 1.165) is 32.1 Å². The summed E-state index contributed by atoms with van der Waals surface area (Å²) in [5.41, 5.74) is 0.293. The highest BCUT2D eigenvalue weighted by molar-refractivity contribution is 5.79. The number of esters is 1. The molecule has 1 spiro atoms. The molecular weight excluding hydrogens is 352 g/mol. The fourth-order valence-electron chi connectivity index (χ4n) is 9.15. The Balaban J connectivity index is 1.45. The molecule has 5 aliphatic rings. The van der Waals surface area contributed by atoms with E-state index < -0.39 is 0 Å². The average Bonchev–Trinajstić information content (AvgIpc) is 3.21. The molecule has 156 valence electrons. The molecule has 0 bridgehead atoms. The normalized spacial score (nSPS) is 56.7. The van der Waals surface area contributed by atoms with E-state index >= 15 is 0 Å². The quantitative estimate of drug-likeness (QED) is 0.515. The van der Waals surface area contributed by atoms with Gasteiger partial charge >= 0.3 is 5.97 Å². The van der Waals surface area contributed by atoms with Crippen molar-refractivity contribution in [3.8, 4) is 0 Å². The van der Waals surface area contributed by atoms with Crippen molar-refractivity contribution in [2.24, 2.45) is 40.4 Å². The van der Waals surface area contributed by atoms with Gasteiger partial charge in [-0.25, -0.2) is 0 Å². The van der Waals surface area contributed by atoms with Crippen LogP contribution >= 0.6 is 0 Å². The molecule has 5 rings (SSSR count).